The number of benzene rings is 2. The molecule has 2 aromatic rings. The van der Waals surface area contributed by atoms with Gasteiger partial charge in [0.25, 0.3) is 0 Å². The lowest BCUT2D eigenvalue weighted by Gasteiger charge is -2.24. The molecule has 0 fully saturated rings. The number of hydrogen-bond donors (Lipinski definition) is 0. The second-order valence-electron chi connectivity index (χ2n) is 5.26. The van der Waals surface area contributed by atoms with Crippen LogP contribution in [0, 0.1) is 0 Å². The molecule has 2 bridgehead atoms. The lowest BCUT2D eigenvalue weighted by atomic mass is 9.92. The van der Waals surface area contributed by atoms with Gasteiger partial charge in [-0.25, -0.2) is 0 Å². The molecule has 4 rings (SSSR count). The number of halogens is 2. The average molecular weight is 304 g/mol. The van der Waals surface area contributed by atoms with Gasteiger partial charge in [-0.05, 0) is 35.4 Å². The zero-order chi connectivity index (χ0) is 13.0. The maximum Gasteiger partial charge on any atom is 1.00 e. The van der Waals surface area contributed by atoms with Crippen molar-refractivity contribution in [3.05, 3.63) is 75.8 Å². The summed E-state index contributed by atoms with van der Waals surface area (Å²) in [7, 11) is 2.16. The molecule has 2 aliphatic heterocycles. The smallest absolute Gasteiger partial charge is 1.00 e. The Kier molecular flexibility index (Phi) is 3.37. The zero-order valence-corrected chi connectivity index (χ0v) is 12.6. The van der Waals surface area contributed by atoms with Crippen LogP contribution in [-0.2, 0) is 0 Å². The highest BCUT2D eigenvalue weighted by Gasteiger charge is 2.40. The SMILES string of the molecule is CN1C2C(Cl)=Cc3ccccc3C1c1ccccc12.[Cl-].[H+]. The molecule has 2 unspecified atom stereocenters. The second kappa shape index (κ2) is 4.92. The molecule has 102 valence electrons. The standard InChI is InChI=1S/C17H14ClN.ClH/c1-19-16-12-7-3-2-6-11(12)10-15(18)17(19)14-9-5-4-8-13(14)16;/h2-10,16-17H,1H3;1H. The van der Waals surface area contributed by atoms with Crippen molar-refractivity contribution in [1.82, 2.24) is 4.90 Å². The van der Waals surface area contributed by atoms with Gasteiger partial charge in [-0.3, -0.25) is 4.90 Å². The Labute approximate surface area is 131 Å². The molecule has 2 aromatic carbocycles. The predicted octanol–water partition coefficient (Wildman–Crippen LogP) is 1.47. The molecule has 0 aromatic heterocycles. The largest absolute Gasteiger partial charge is 1.00 e. The van der Waals surface area contributed by atoms with Crippen molar-refractivity contribution in [2.45, 2.75) is 12.1 Å². The molecule has 0 amide bonds. The van der Waals surface area contributed by atoms with E-state index in [1.807, 2.05) is 0 Å². The maximum absolute atomic E-state index is 6.58. The molecule has 0 radical (unpaired) electrons. The van der Waals surface area contributed by atoms with Crippen LogP contribution < -0.4 is 12.4 Å². The van der Waals surface area contributed by atoms with Gasteiger partial charge < -0.3 is 12.4 Å². The van der Waals surface area contributed by atoms with E-state index in [4.69, 9.17) is 11.6 Å². The van der Waals surface area contributed by atoms with E-state index in [1.165, 1.54) is 22.3 Å². The summed E-state index contributed by atoms with van der Waals surface area (Å²) >= 11 is 6.58. The highest BCUT2D eigenvalue weighted by Crippen LogP contribution is 2.51. The van der Waals surface area contributed by atoms with Crippen LogP contribution >= 0.6 is 11.6 Å². The topological polar surface area (TPSA) is 3.24 Å². The highest BCUT2D eigenvalue weighted by atomic mass is 35.5. The summed E-state index contributed by atoms with van der Waals surface area (Å²) in [6.45, 7) is 0. The number of nitrogens with zero attached hydrogens (tertiary/aromatic N) is 1. The Morgan fingerprint density at radius 3 is 2.15 bits per heavy atom. The monoisotopic (exact) mass is 303 g/mol. The molecule has 0 spiro atoms. The quantitative estimate of drug-likeness (QED) is 0.712. The van der Waals surface area contributed by atoms with E-state index < -0.39 is 0 Å². The summed E-state index contributed by atoms with van der Waals surface area (Å²) in [5.74, 6) is 0. The van der Waals surface area contributed by atoms with Crippen molar-refractivity contribution in [3.8, 4) is 0 Å². The van der Waals surface area contributed by atoms with Crippen LogP contribution in [-0.4, -0.2) is 11.9 Å². The summed E-state index contributed by atoms with van der Waals surface area (Å²) in [5.41, 5.74) is 5.30. The summed E-state index contributed by atoms with van der Waals surface area (Å²) in [6.07, 6.45) is 2.12. The normalized spacial score (nSPS) is 23.2. The fraction of sp³-hybridized carbons (Fsp3) is 0.176. The predicted molar refractivity (Wildman–Crippen MR) is 80.2 cm³/mol. The number of rotatable bonds is 0. The first-order valence-corrected chi connectivity index (χ1v) is 6.92. The molecule has 3 heteroatoms. The Balaban J connectivity index is 0.000000807. The van der Waals surface area contributed by atoms with Crippen LogP contribution in [0.4, 0.5) is 0 Å². The van der Waals surface area contributed by atoms with Crippen LogP contribution in [0.5, 0.6) is 0 Å². The molecule has 0 aliphatic carbocycles. The van der Waals surface area contributed by atoms with Crippen LogP contribution in [0.2, 0.25) is 0 Å². The van der Waals surface area contributed by atoms with Crippen LogP contribution in [0.25, 0.3) is 6.08 Å². The van der Waals surface area contributed by atoms with E-state index >= 15 is 0 Å². The van der Waals surface area contributed by atoms with Crippen LogP contribution in [0.1, 0.15) is 35.8 Å². The first-order chi connectivity index (χ1) is 9.27. The lowest BCUT2D eigenvalue weighted by molar-refractivity contribution is -0.00000357. The first kappa shape index (κ1) is 13.7. The van der Waals surface area contributed by atoms with Gasteiger partial charge >= 0.3 is 1.43 Å². The number of hydrogen-bond acceptors (Lipinski definition) is 1. The Morgan fingerprint density at radius 2 is 1.45 bits per heavy atom. The van der Waals surface area contributed by atoms with Gasteiger partial charge in [0, 0.05) is 5.03 Å². The average Bonchev–Trinajstić information content (AvgIpc) is 2.64. The molecule has 2 atom stereocenters. The van der Waals surface area contributed by atoms with E-state index in [9.17, 15) is 0 Å². The Hall–Kier alpha value is -1.28. The third-order valence-corrected chi connectivity index (χ3v) is 4.56. The minimum Gasteiger partial charge on any atom is -1.00 e. The minimum atomic E-state index is 0. The van der Waals surface area contributed by atoms with Gasteiger partial charge in [-0.15, -0.1) is 0 Å². The molecule has 2 aliphatic rings. The third-order valence-electron chi connectivity index (χ3n) is 4.24. The Morgan fingerprint density at radius 1 is 0.900 bits per heavy atom. The van der Waals surface area contributed by atoms with E-state index in [1.54, 1.807) is 0 Å². The molecule has 1 nitrogen and oxygen atoms in total. The van der Waals surface area contributed by atoms with Gasteiger partial charge in [0.05, 0.1) is 12.1 Å². The van der Waals surface area contributed by atoms with Crippen molar-refractivity contribution in [3.63, 3.8) is 0 Å². The fourth-order valence-corrected chi connectivity index (χ4v) is 3.83. The van der Waals surface area contributed by atoms with Crippen LogP contribution in [0.3, 0.4) is 0 Å². The molecule has 0 saturated heterocycles. The maximum atomic E-state index is 6.58. The first-order valence-electron chi connectivity index (χ1n) is 6.54. The Bertz CT molecular complexity index is 699. The number of likely N-dealkylation sites (N-methyl/N-ethyl adjacent to an activating group) is 1. The van der Waals surface area contributed by atoms with Crippen molar-refractivity contribution >= 4 is 17.7 Å². The van der Waals surface area contributed by atoms with Gasteiger partial charge in [-0.1, -0.05) is 60.1 Å². The van der Waals surface area contributed by atoms with E-state index in [0.29, 0.717) is 6.04 Å². The van der Waals surface area contributed by atoms with Gasteiger partial charge in [0.2, 0.25) is 0 Å². The van der Waals surface area contributed by atoms with E-state index in [2.05, 4.69) is 66.6 Å². The van der Waals surface area contributed by atoms with Crippen LogP contribution in [0.15, 0.2) is 53.6 Å². The third kappa shape index (κ3) is 1.74. The molecule has 0 N–H and O–H groups in total. The lowest BCUT2D eigenvalue weighted by Crippen LogP contribution is -3.00. The summed E-state index contributed by atoms with van der Waals surface area (Å²) in [5, 5.41) is 0.905. The molecular formula is C17H15Cl2N. The van der Waals surface area contributed by atoms with Crippen molar-refractivity contribution < 1.29 is 13.8 Å². The zero-order valence-electron chi connectivity index (χ0n) is 12.1. The van der Waals surface area contributed by atoms with Gasteiger partial charge in [-0.2, -0.15) is 0 Å². The van der Waals surface area contributed by atoms with E-state index in [0.717, 1.165) is 5.03 Å². The van der Waals surface area contributed by atoms with Crippen molar-refractivity contribution in [1.29, 1.82) is 0 Å². The molecule has 0 saturated carbocycles. The van der Waals surface area contributed by atoms with Crippen molar-refractivity contribution in [2.75, 3.05) is 7.05 Å². The molecule has 20 heavy (non-hydrogen) atoms. The molecule has 2 heterocycles. The summed E-state index contributed by atoms with van der Waals surface area (Å²) in [4.78, 5) is 2.37. The van der Waals surface area contributed by atoms with Gasteiger partial charge in [0.1, 0.15) is 0 Å². The molecular weight excluding hydrogens is 289 g/mol. The fourth-order valence-electron chi connectivity index (χ4n) is 3.45. The summed E-state index contributed by atoms with van der Waals surface area (Å²) < 4.78 is 0. The summed E-state index contributed by atoms with van der Waals surface area (Å²) in [6, 6.07) is 17.7. The number of fused-ring (bicyclic) bond motifs is 7. The highest BCUT2D eigenvalue weighted by molar-refractivity contribution is 6.32. The van der Waals surface area contributed by atoms with Crippen molar-refractivity contribution in [2.24, 2.45) is 0 Å². The van der Waals surface area contributed by atoms with E-state index in [-0.39, 0.29) is 19.9 Å². The van der Waals surface area contributed by atoms with Gasteiger partial charge in [0.15, 0.2) is 0 Å². The minimum absolute atomic E-state index is 0. The second-order valence-corrected chi connectivity index (χ2v) is 5.69.